The van der Waals surface area contributed by atoms with E-state index in [1.54, 1.807) is 18.2 Å². The number of carbonyl (C=O) groups is 2. The first kappa shape index (κ1) is 18.1. The summed E-state index contributed by atoms with van der Waals surface area (Å²) in [5.41, 5.74) is 2.82. The maximum absolute atomic E-state index is 12.8. The third-order valence-electron chi connectivity index (χ3n) is 4.83. The van der Waals surface area contributed by atoms with Gasteiger partial charge in [0.2, 0.25) is 0 Å². The highest BCUT2D eigenvalue weighted by atomic mass is 16.2. The first-order valence-corrected chi connectivity index (χ1v) is 8.99. The van der Waals surface area contributed by atoms with Gasteiger partial charge in [-0.15, -0.1) is 0 Å². The van der Waals surface area contributed by atoms with Crippen molar-refractivity contribution < 1.29 is 9.59 Å². The molecule has 0 bridgehead atoms. The average Bonchev–Trinajstić information content (AvgIpc) is 3.12. The predicted octanol–water partition coefficient (Wildman–Crippen LogP) is 2.93. The van der Waals surface area contributed by atoms with Gasteiger partial charge in [-0.1, -0.05) is 24.3 Å². The van der Waals surface area contributed by atoms with Crippen LogP contribution in [0.2, 0.25) is 0 Å². The van der Waals surface area contributed by atoms with Crippen LogP contribution in [0.3, 0.4) is 0 Å². The Morgan fingerprint density at radius 2 is 1.88 bits per heavy atom. The van der Waals surface area contributed by atoms with E-state index in [1.165, 1.54) is 0 Å². The van der Waals surface area contributed by atoms with E-state index < -0.39 is 0 Å². The normalized spacial score (nSPS) is 16.5. The maximum Gasteiger partial charge on any atom is 0.255 e. The van der Waals surface area contributed by atoms with Crippen molar-refractivity contribution in [3.05, 3.63) is 65.2 Å². The molecule has 26 heavy (non-hydrogen) atoms. The third kappa shape index (κ3) is 4.11. The van der Waals surface area contributed by atoms with Crippen molar-refractivity contribution >= 4 is 17.5 Å². The van der Waals surface area contributed by atoms with Crippen molar-refractivity contribution in [1.29, 1.82) is 0 Å². The van der Waals surface area contributed by atoms with E-state index in [-0.39, 0.29) is 11.8 Å². The van der Waals surface area contributed by atoms with Gasteiger partial charge in [-0.3, -0.25) is 9.59 Å². The van der Waals surface area contributed by atoms with Gasteiger partial charge in [0, 0.05) is 29.9 Å². The molecule has 1 unspecified atom stereocenters. The van der Waals surface area contributed by atoms with Crippen molar-refractivity contribution in [2.75, 3.05) is 32.0 Å². The van der Waals surface area contributed by atoms with Crippen LogP contribution in [0.4, 0.5) is 5.69 Å². The van der Waals surface area contributed by atoms with Crippen molar-refractivity contribution in [3.8, 4) is 0 Å². The molecule has 1 saturated heterocycles. The molecule has 1 aliphatic rings. The summed E-state index contributed by atoms with van der Waals surface area (Å²) in [6.45, 7) is 4.41. The van der Waals surface area contributed by atoms with Gasteiger partial charge in [0.15, 0.2) is 0 Å². The van der Waals surface area contributed by atoms with Gasteiger partial charge in [0.05, 0.1) is 0 Å². The minimum absolute atomic E-state index is 0.0267. The van der Waals surface area contributed by atoms with E-state index >= 15 is 0 Å². The number of rotatable bonds is 5. The largest absolute Gasteiger partial charge is 0.338 e. The standard InChI is InChI=1S/C21H25N3O2/c1-15-8-9-18(21(26)24-11-10-16(14-24)13-22-2)12-19(15)23-20(25)17-6-4-3-5-7-17/h3-9,12,16,22H,10-11,13-14H2,1-2H3,(H,23,25). The number of hydrogen-bond donors (Lipinski definition) is 2. The molecule has 1 atom stereocenters. The molecule has 1 heterocycles. The smallest absolute Gasteiger partial charge is 0.255 e. The first-order chi connectivity index (χ1) is 12.6. The zero-order valence-corrected chi connectivity index (χ0v) is 15.3. The molecule has 5 nitrogen and oxygen atoms in total. The van der Waals surface area contributed by atoms with E-state index in [0.717, 1.165) is 31.6 Å². The molecule has 0 aromatic heterocycles. The topological polar surface area (TPSA) is 61.4 Å². The third-order valence-corrected chi connectivity index (χ3v) is 4.83. The molecule has 2 aromatic carbocycles. The molecule has 3 rings (SSSR count). The summed E-state index contributed by atoms with van der Waals surface area (Å²) in [5.74, 6) is 0.360. The van der Waals surface area contributed by atoms with Crippen LogP contribution in [-0.4, -0.2) is 43.4 Å². The van der Waals surface area contributed by atoms with Crippen LogP contribution >= 0.6 is 0 Å². The van der Waals surface area contributed by atoms with Gasteiger partial charge in [0.25, 0.3) is 11.8 Å². The lowest BCUT2D eigenvalue weighted by Crippen LogP contribution is -2.30. The minimum Gasteiger partial charge on any atom is -0.338 e. The highest BCUT2D eigenvalue weighted by Gasteiger charge is 2.26. The molecule has 2 aromatic rings. The summed E-state index contributed by atoms with van der Waals surface area (Å²) in [6, 6.07) is 14.6. The lowest BCUT2D eigenvalue weighted by Gasteiger charge is -2.18. The SMILES string of the molecule is CNCC1CCN(C(=O)c2ccc(C)c(NC(=O)c3ccccc3)c2)C1. The van der Waals surface area contributed by atoms with E-state index in [4.69, 9.17) is 0 Å². The number of hydrogen-bond acceptors (Lipinski definition) is 3. The second-order valence-electron chi connectivity index (χ2n) is 6.81. The van der Waals surface area contributed by atoms with Crippen LogP contribution in [-0.2, 0) is 0 Å². The second-order valence-corrected chi connectivity index (χ2v) is 6.81. The van der Waals surface area contributed by atoms with Crippen LogP contribution < -0.4 is 10.6 Å². The predicted molar refractivity (Wildman–Crippen MR) is 104 cm³/mol. The van der Waals surface area contributed by atoms with Crippen molar-refractivity contribution in [2.24, 2.45) is 5.92 Å². The van der Waals surface area contributed by atoms with E-state index in [2.05, 4.69) is 10.6 Å². The molecule has 0 saturated carbocycles. The molecule has 0 aliphatic carbocycles. The molecule has 0 spiro atoms. The van der Waals surface area contributed by atoms with Gasteiger partial charge < -0.3 is 15.5 Å². The van der Waals surface area contributed by atoms with Gasteiger partial charge in [-0.05, 0) is 62.7 Å². The summed E-state index contributed by atoms with van der Waals surface area (Å²) in [6.07, 6.45) is 1.02. The minimum atomic E-state index is -0.173. The summed E-state index contributed by atoms with van der Waals surface area (Å²) in [7, 11) is 1.94. The molecule has 2 N–H and O–H groups in total. The Bertz CT molecular complexity index is 789. The van der Waals surface area contributed by atoms with Crippen LogP contribution in [0.25, 0.3) is 0 Å². The summed E-state index contributed by atoms with van der Waals surface area (Å²) in [5, 5.41) is 6.10. The van der Waals surface area contributed by atoms with Crippen LogP contribution in [0.5, 0.6) is 0 Å². The van der Waals surface area contributed by atoms with E-state index in [9.17, 15) is 9.59 Å². The Kier molecular flexibility index (Phi) is 5.68. The van der Waals surface area contributed by atoms with Gasteiger partial charge in [-0.2, -0.15) is 0 Å². The second kappa shape index (κ2) is 8.15. The Morgan fingerprint density at radius 3 is 2.62 bits per heavy atom. The Morgan fingerprint density at radius 1 is 1.12 bits per heavy atom. The molecule has 2 amide bonds. The van der Waals surface area contributed by atoms with Gasteiger partial charge in [0.1, 0.15) is 0 Å². The molecule has 136 valence electrons. The fourth-order valence-electron chi connectivity index (χ4n) is 3.33. The number of anilines is 1. The van der Waals surface area contributed by atoms with E-state index in [0.29, 0.717) is 22.7 Å². The molecular formula is C21H25N3O2. The summed E-state index contributed by atoms with van der Waals surface area (Å²) >= 11 is 0. The van der Waals surface area contributed by atoms with Gasteiger partial charge >= 0.3 is 0 Å². The molecule has 5 heteroatoms. The van der Waals surface area contributed by atoms with Crippen LogP contribution in [0, 0.1) is 12.8 Å². The van der Waals surface area contributed by atoms with E-state index in [1.807, 2.05) is 49.2 Å². The summed E-state index contributed by atoms with van der Waals surface area (Å²) < 4.78 is 0. The van der Waals surface area contributed by atoms with Crippen LogP contribution in [0.1, 0.15) is 32.7 Å². The number of carbonyl (C=O) groups excluding carboxylic acids is 2. The summed E-state index contributed by atoms with van der Waals surface area (Å²) in [4.78, 5) is 27.1. The zero-order chi connectivity index (χ0) is 18.5. The average molecular weight is 351 g/mol. The van der Waals surface area contributed by atoms with Crippen molar-refractivity contribution in [1.82, 2.24) is 10.2 Å². The number of benzene rings is 2. The maximum atomic E-state index is 12.8. The van der Waals surface area contributed by atoms with Crippen molar-refractivity contribution in [2.45, 2.75) is 13.3 Å². The first-order valence-electron chi connectivity index (χ1n) is 8.99. The lowest BCUT2D eigenvalue weighted by molar-refractivity contribution is 0.0787. The number of aryl methyl sites for hydroxylation is 1. The molecular weight excluding hydrogens is 326 g/mol. The highest BCUT2D eigenvalue weighted by molar-refractivity contribution is 6.05. The highest BCUT2D eigenvalue weighted by Crippen LogP contribution is 2.22. The fourth-order valence-corrected chi connectivity index (χ4v) is 3.33. The van der Waals surface area contributed by atoms with Crippen LogP contribution in [0.15, 0.2) is 48.5 Å². The quantitative estimate of drug-likeness (QED) is 0.871. The molecule has 1 fully saturated rings. The number of nitrogens with zero attached hydrogens (tertiary/aromatic N) is 1. The molecule has 0 radical (unpaired) electrons. The lowest BCUT2D eigenvalue weighted by atomic mass is 10.1. The number of likely N-dealkylation sites (tertiary alicyclic amines) is 1. The van der Waals surface area contributed by atoms with Crippen molar-refractivity contribution in [3.63, 3.8) is 0 Å². The van der Waals surface area contributed by atoms with Gasteiger partial charge in [-0.25, -0.2) is 0 Å². The molecule has 1 aliphatic heterocycles. The zero-order valence-electron chi connectivity index (χ0n) is 15.3. The Hall–Kier alpha value is -2.66. The monoisotopic (exact) mass is 351 g/mol. The Balaban J connectivity index is 1.73. The fraction of sp³-hybridized carbons (Fsp3) is 0.333. The number of amides is 2. The Labute approximate surface area is 154 Å². The number of nitrogens with one attached hydrogen (secondary N) is 2.